The number of nitrogens with zero attached hydrogens (tertiary/aromatic N) is 1. The van der Waals surface area contributed by atoms with Crippen LogP contribution < -0.4 is 0 Å². The van der Waals surface area contributed by atoms with Crippen LogP contribution in [0.3, 0.4) is 0 Å². The van der Waals surface area contributed by atoms with Crippen molar-refractivity contribution in [1.29, 1.82) is 0 Å². The van der Waals surface area contributed by atoms with Crippen molar-refractivity contribution in [3.63, 3.8) is 0 Å². The molecule has 0 radical (unpaired) electrons. The van der Waals surface area contributed by atoms with Gasteiger partial charge in [-0.2, -0.15) is 0 Å². The fraction of sp³-hybridized carbons (Fsp3) is 0.882. The summed E-state index contributed by atoms with van der Waals surface area (Å²) in [6.45, 7) is 11.4. The molecular formula is C17H31NO2. The van der Waals surface area contributed by atoms with E-state index in [1.165, 1.54) is 19.3 Å². The van der Waals surface area contributed by atoms with Gasteiger partial charge in [0.15, 0.2) is 0 Å². The maximum atomic E-state index is 10.2. The molecule has 0 aromatic heterocycles. The number of aliphatic hydroxyl groups excluding tert-OH is 2. The lowest BCUT2D eigenvalue weighted by atomic mass is 9.52. The van der Waals surface area contributed by atoms with Crippen molar-refractivity contribution < 1.29 is 10.2 Å². The second-order valence-corrected chi connectivity index (χ2v) is 7.80. The van der Waals surface area contributed by atoms with Crippen LogP contribution in [-0.4, -0.2) is 40.3 Å². The Hall–Kier alpha value is -0.540. The molecule has 1 unspecified atom stereocenters. The van der Waals surface area contributed by atoms with Gasteiger partial charge in [-0.05, 0) is 43.8 Å². The summed E-state index contributed by atoms with van der Waals surface area (Å²) in [4.78, 5) is 2.61. The van der Waals surface area contributed by atoms with Crippen LogP contribution in [-0.2, 0) is 0 Å². The molecule has 0 bridgehead atoms. The molecule has 1 heterocycles. The molecule has 1 aliphatic heterocycles. The molecular weight excluding hydrogens is 250 g/mol. The van der Waals surface area contributed by atoms with Gasteiger partial charge in [0.2, 0.25) is 0 Å². The normalized spacial score (nSPS) is 33.8. The van der Waals surface area contributed by atoms with E-state index in [0.29, 0.717) is 12.2 Å². The third-order valence-electron chi connectivity index (χ3n) is 5.71. The van der Waals surface area contributed by atoms with Crippen LogP contribution in [0.15, 0.2) is 11.8 Å². The molecule has 0 aromatic rings. The predicted octanol–water partition coefficient (Wildman–Crippen LogP) is 3.49. The Morgan fingerprint density at radius 3 is 2.20 bits per heavy atom. The summed E-state index contributed by atoms with van der Waals surface area (Å²) in [7, 11) is 0. The number of piperidine rings is 1. The highest BCUT2D eigenvalue weighted by molar-refractivity contribution is 5.24. The minimum atomic E-state index is -0.140. The number of allylic oxidation sites excluding steroid dienone is 1. The second-order valence-electron chi connectivity index (χ2n) is 7.80. The maximum absolute atomic E-state index is 10.2. The Bertz CT molecular complexity index is 380. The summed E-state index contributed by atoms with van der Waals surface area (Å²) in [5.74, 6) is 0.505. The highest BCUT2D eigenvalue weighted by atomic mass is 16.3. The van der Waals surface area contributed by atoms with Gasteiger partial charge in [0.05, 0.1) is 5.76 Å². The molecule has 0 spiro atoms. The minimum absolute atomic E-state index is 0.0462. The van der Waals surface area contributed by atoms with Crippen LogP contribution in [0.1, 0.15) is 59.8 Å². The lowest BCUT2D eigenvalue weighted by Crippen LogP contribution is -2.68. The van der Waals surface area contributed by atoms with Crippen molar-refractivity contribution in [2.24, 2.45) is 10.8 Å². The lowest BCUT2D eigenvalue weighted by Gasteiger charge is -2.63. The van der Waals surface area contributed by atoms with E-state index in [2.05, 4.69) is 32.6 Å². The first kappa shape index (κ1) is 15.8. The average Bonchev–Trinajstić information content (AvgIpc) is 2.33. The van der Waals surface area contributed by atoms with E-state index >= 15 is 0 Å². The Morgan fingerprint density at radius 2 is 1.70 bits per heavy atom. The zero-order valence-corrected chi connectivity index (χ0v) is 13.6. The van der Waals surface area contributed by atoms with E-state index in [4.69, 9.17) is 0 Å². The van der Waals surface area contributed by atoms with E-state index in [1.807, 2.05) is 6.08 Å². The monoisotopic (exact) mass is 281 g/mol. The standard InChI is InChI=1S/C17H31NO2/c1-15(2)12-14(20)13-16(3,4)17(15,8-11-19)18-9-6-5-7-10-18/h12,19-20H,5-11,13H2,1-4H3. The maximum Gasteiger partial charge on any atom is 0.0895 e. The summed E-state index contributed by atoms with van der Waals surface area (Å²) in [6.07, 6.45) is 7.31. The molecule has 20 heavy (non-hydrogen) atoms. The molecule has 2 aliphatic rings. The van der Waals surface area contributed by atoms with Crippen LogP contribution in [0, 0.1) is 10.8 Å². The molecule has 2 rings (SSSR count). The van der Waals surface area contributed by atoms with E-state index in [1.54, 1.807) is 0 Å². The topological polar surface area (TPSA) is 43.7 Å². The first-order valence-electron chi connectivity index (χ1n) is 8.03. The zero-order valence-electron chi connectivity index (χ0n) is 13.6. The number of hydrogen-bond donors (Lipinski definition) is 2. The van der Waals surface area contributed by atoms with Crippen molar-refractivity contribution in [2.45, 2.75) is 65.3 Å². The molecule has 2 N–H and O–H groups in total. The molecule has 0 aromatic carbocycles. The van der Waals surface area contributed by atoms with Gasteiger partial charge >= 0.3 is 0 Å². The van der Waals surface area contributed by atoms with Crippen molar-refractivity contribution in [3.05, 3.63) is 11.8 Å². The van der Waals surface area contributed by atoms with Crippen LogP contribution >= 0.6 is 0 Å². The molecule has 3 heteroatoms. The van der Waals surface area contributed by atoms with Crippen LogP contribution in [0.5, 0.6) is 0 Å². The van der Waals surface area contributed by atoms with Gasteiger partial charge in [-0.3, -0.25) is 4.90 Å². The number of rotatable bonds is 3. The van der Waals surface area contributed by atoms with Crippen molar-refractivity contribution >= 4 is 0 Å². The molecule has 0 saturated carbocycles. The average molecular weight is 281 g/mol. The smallest absolute Gasteiger partial charge is 0.0895 e. The van der Waals surface area contributed by atoms with Gasteiger partial charge < -0.3 is 10.2 Å². The Kier molecular flexibility index (Phi) is 4.23. The quantitative estimate of drug-likeness (QED) is 0.832. The molecule has 0 amide bonds. The van der Waals surface area contributed by atoms with Gasteiger partial charge in [-0.15, -0.1) is 0 Å². The summed E-state index contributed by atoms with van der Waals surface area (Å²) in [6, 6.07) is 0. The molecule has 116 valence electrons. The highest BCUT2D eigenvalue weighted by Crippen LogP contribution is 2.57. The van der Waals surface area contributed by atoms with Gasteiger partial charge in [0, 0.05) is 24.0 Å². The predicted molar refractivity (Wildman–Crippen MR) is 82.7 cm³/mol. The zero-order chi connectivity index (χ0) is 15.0. The molecule has 3 nitrogen and oxygen atoms in total. The van der Waals surface area contributed by atoms with Gasteiger partial charge in [0.25, 0.3) is 0 Å². The van der Waals surface area contributed by atoms with Gasteiger partial charge in [0.1, 0.15) is 0 Å². The summed E-state index contributed by atoms with van der Waals surface area (Å²) in [5, 5.41) is 19.9. The van der Waals surface area contributed by atoms with Crippen molar-refractivity contribution in [2.75, 3.05) is 19.7 Å². The molecule has 1 aliphatic carbocycles. The first-order chi connectivity index (χ1) is 9.27. The van der Waals surface area contributed by atoms with E-state index < -0.39 is 0 Å². The molecule has 1 saturated heterocycles. The second kappa shape index (κ2) is 5.34. The Labute approximate surface area is 123 Å². The van der Waals surface area contributed by atoms with Crippen LogP contribution in [0.4, 0.5) is 0 Å². The largest absolute Gasteiger partial charge is 0.513 e. The van der Waals surface area contributed by atoms with Crippen LogP contribution in [0.25, 0.3) is 0 Å². The SMILES string of the molecule is CC1(C)C=C(O)CC(C)(C)C1(CCO)N1CCCCC1. The number of hydrogen-bond acceptors (Lipinski definition) is 3. The highest BCUT2D eigenvalue weighted by Gasteiger charge is 2.59. The molecule has 1 atom stereocenters. The summed E-state index contributed by atoms with van der Waals surface area (Å²) < 4.78 is 0. The number of likely N-dealkylation sites (tertiary alicyclic amines) is 1. The Balaban J connectivity index is 2.51. The van der Waals surface area contributed by atoms with Crippen molar-refractivity contribution in [1.82, 2.24) is 4.90 Å². The number of aliphatic hydroxyl groups is 2. The summed E-state index contributed by atoms with van der Waals surface area (Å²) in [5.41, 5.74) is -0.268. The lowest BCUT2D eigenvalue weighted by molar-refractivity contribution is -0.116. The van der Waals surface area contributed by atoms with Gasteiger partial charge in [-0.1, -0.05) is 34.1 Å². The van der Waals surface area contributed by atoms with E-state index in [-0.39, 0.29) is 23.0 Å². The fourth-order valence-corrected chi connectivity index (χ4v) is 5.15. The van der Waals surface area contributed by atoms with Crippen molar-refractivity contribution in [3.8, 4) is 0 Å². The van der Waals surface area contributed by atoms with E-state index in [9.17, 15) is 10.2 Å². The van der Waals surface area contributed by atoms with Crippen LogP contribution in [0.2, 0.25) is 0 Å². The van der Waals surface area contributed by atoms with Gasteiger partial charge in [-0.25, -0.2) is 0 Å². The Morgan fingerprint density at radius 1 is 1.10 bits per heavy atom. The minimum Gasteiger partial charge on any atom is -0.513 e. The van der Waals surface area contributed by atoms with E-state index in [0.717, 1.165) is 19.5 Å². The molecule has 1 fully saturated rings. The third kappa shape index (κ3) is 2.29. The summed E-state index contributed by atoms with van der Waals surface area (Å²) >= 11 is 0. The first-order valence-corrected chi connectivity index (χ1v) is 8.03. The fourth-order valence-electron chi connectivity index (χ4n) is 5.15. The third-order valence-corrected chi connectivity index (χ3v) is 5.71.